The van der Waals surface area contributed by atoms with Crippen molar-refractivity contribution in [3.05, 3.63) is 39.4 Å². The molecule has 0 N–H and O–H groups in total. The van der Waals surface area contributed by atoms with Gasteiger partial charge >= 0.3 is 12.1 Å². The Morgan fingerprint density at radius 2 is 1.96 bits per heavy atom. The predicted molar refractivity (Wildman–Crippen MR) is 92.0 cm³/mol. The molecular weight excluding hydrogens is 340 g/mol. The van der Waals surface area contributed by atoms with Gasteiger partial charge < -0.3 is 14.4 Å². The van der Waals surface area contributed by atoms with Crippen LogP contribution < -0.4 is 0 Å². The van der Waals surface area contributed by atoms with Crippen molar-refractivity contribution in [1.29, 1.82) is 0 Å². The predicted octanol–water partition coefficient (Wildman–Crippen LogP) is 3.08. The zero-order chi connectivity index (χ0) is 19.1. The van der Waals surface area contributed by atoms with Crippen LogP contribution in [0.25, 0.3) is 0 Å². The summed E-state index contributed by atoms with van der Waals surface area (Å²) in [6.45, 7) is 6.31. The molecule has 2 aliphatic heterocycles. The molecule has 0 unspecified atom stereocenters. The second kappa shape index (κ2) is 6.26. The van der Waals surface area contributed by atoms with Gasteiger partial charge in [0.2, 0.25) is 0 Å². The molecule has 1 spiro atoms. The van der Waals surface area contributed by atoms with Crippen molar-refractivity contribution < 1.29 is 24.0 Å². The third-order valence-electron chi connectivity index (χ3n) is 4.67. The van der Waals surface area contributed by atoms with Gasteiger partial charge in [-0.15, -0.1) is 0 Å². The number of rotatable bonds is 1. The number of nitrogens with zero attached hydrogens (tertiary/aromatic N) is 2. The molecule has 0 radical (unpaired) electrons. The van der Waals surface area contributed by atoms with Gasteiger partial charge in [-0.05, 0) is 26.3 Å². The topological polar surface area (TPSA) is 99.0 Å². The maximum Gasteiger partial charge on any atom is 0.410 e. The van der Waals surface area contributed by atoms with Gasteiger partial charge in [0.1, 0.15) is 11.2 Å². The summed E-state index contributed by atoms with van der Waals surface area (Å²) >= 11 is 0. The van der Waals surface area contributed by atoms with Gasteiger partial charge in [0, 0.05) is 44.5 Å². The van der Waals surface area contributed by atoms with Crippen LogP contribution in [0.1, 0.15) is 49.5 Å². The molecule has 0 bridgehead atoms. The molecule has 26 heavy (non-hydrogen) atoms. The van der Waals surface area contributed by atoms with Gasteiger partial charge in [0.05, 0.1) is 10.5 Å². The number of nitro benzene ring substituents is 1. The van der Waals surface area contributed by atoms with Crippen molar-refractivity contribution in [3.8, 4) is 0 Å². The van der Waals surface area contributed by atoms with E-state index in [1.54, 1.807) is 11.0 Å². The number of fused-ring (bicyclic) bond motifs is 1. The number of piperidine rings is 1. The molecule has 1 aromatic carbocycles. The van der Waals surface area contributed by atoms with Crippen LogP contribution in [0, 0.1) is 10.1 Å². The third-order valence-corrected chi connectivity index (χ3v) is 4.67. The highest BCUT2D eigenvalue weighted by Gasteiger charge is 2.44. The Bertz CT molecular complexity index is 759. The molecular formula is C18H22N2O6. The Hall–Kier alpha value is -2.64. The fourth-order valence-corrected chi connectivity index (χ4v) is 3.36. The molecule has 3 rings (SSSR count). The number of non-ortho nitro benzene ring substituents is 1. The van der Waals surface area contributed by atoms with Crippen molar-refractivity contribution in [2.45, 2.75) is 51.2 Å². The lowest BCUT2D eigenvalue weighted by Crippen LogP contribution is -2.52. The summed E-state index contributed by atoms with van der Waals surface area (Å²) in [7, 11) is 0. The fraction of sp³-hybridized carbons (Fsp3) is 0.556. The number of esters is 1. The first kappa shape index (κ1) is 18.2. The van der Waals surface area contributed by atoms with Crippen LogP contribution in [-0.4, -0.2) is 46.2 Å². The fourth-order valence-electron chi connectivity index (χ4n) is 3.36. The summed E-state index contributed by atoms with van der Waals surface area (Å²) in [6, 6.07) is 4.29. The second-order valence-electron chi connectivity index (χ2n) is 7.82. The van der Waals surface area contributed by atoms with Crippen molar-refractivity contribution in [2.75, 3.05) is 13.1 Å². The highest BCUT2D eigenvalue weighted by atomic mass is 16.6. The molecule has 8 nitrogen and oxygen atoms in total. The van der Waals surface area contributed by atoms with Crippen LogP contribution in [0.15, 0.2) is 18.2 Å². The molecule has 2 aliphatic rings. The molecule has 1 fully saturated rings. The van der Waals surface area contributed by atoms with E-state index in [-0.39, 0.29) is 17.3 Å². The van der Waals surface area contributed by atoms with E-state index in [1.165, 1.54) is 12.1 Å². The summed E-state index contributed by atoms with van der Waals surface area (Å²) in [4.78, 5) is 36.5. The van der Waals surface area contributed by atoms with Crippen molar-refractivity contribution in [1.82, 2.24) is 4.90 Å². The smallest absolute Gasteiger partial charge is 0.410 e. The second-order valence-corrected chi connectivity index (χ2v) is 7.82. The van der Waals surface area contributed by atoms with E-state index < -0.39 is 22.1 Å². The number of carbonyl (C=O) groups excluding carboxylic acids is 2. The molecule has 2 heterocycles. The van der Waals surface area contributed by atoms with E-state index in [1.807, 2.05) is 20.8 Å². The first-order valence-corrected chi connectivity index (χ1v) is 8.57. The van der Waals surface area contributed by atoms with E-state index >= 15 is 0 Å². The molecule has 1 amide bonds. The van der Waals surface area contributed by atoms with Gasteiger partial charge in [0.15, 0.2) is 0 Å². The molecule has 0 saturated carbocycles. The summed E-state index contributed by atoms with van der Waals surface area (Å²) in [6.07, 6.45) is 1.14. The van der Waals surface area contributed by atoms with Gasteiger partial charge in [-0.3, -0.25) is 10.1 Å². The van der Waals surface area contributed by atoms with Crippen molar-refractivity contribution >= 4 is 17.7 Å². The lowest BCUT2D eigenvalue weighted by molar-refractivity contribution is -0.384. The lowest BCUT2D eigenvalue weighted by atomic mass is 9.81. The van der Waals surface area contributed by atoms with Gasteiger partial charge in [0.25, 0.3) is 5.69 Å². The summed E-state index contributed by atoms with van der Waals surface area (Å²) in [5.41, 5.74) is -0.357. The average molecular weight is 362 g/mol. The molecule has 0 aromatic heterocycles. The van der Waals surface area contributed by atoms with E-state index in [2.05, 4.69) is 0 Å². The molecule has 1 aromatic rings. The SMILES string of the molecule is CC(C)(C)OC(=O)N1CCC2(CC1)Cc1ccc([N+](=O)[O-])cc1C(=O)O2. The summed E-state index contributed by atoms with van der Waals surface area (Å²) < 4.78 is 11.0. The molecule has 8 heteroatoms. The largest absolute Gasteiger partial charge is 0.455 e. The van der Waals surface area contributed by atoms with Gasteiger partial charge in [-0.25, -0.2) is 9.59 Å². The summed E-state index contributed by atoms with van der Waals surface area (Å²) in [5.74, 6) is -0.541. The molecule has 0 atom stereocenters. The minimum absolute atomic E-state index is 0.128. The number of likely N-dealkylation sites (tertiary alicyclic amines) is 1. The Morgan fingerprint density at radius 1 is 1.31 bits per heavy atom. The highest BCUT2D eigenvalue weighted by molar-refractivity contribution is 5.93. The first-order valence-electron chi connectivity index (χ1n) is 8.57. The number of hydrogen-bond acceptors (Lipinski definition) is 6. The van der Waals surface area contributed by atoms with E-state index in [0.717, 1.165) is 5.56 Å². The number of hydrogen-bond donors (Lipinski definition) is 0. The number of carbonyl (C=O) groups is 2. The normalized spacial score (nSPS) is 18.9. The van der Waals surface area contributed by atoms with Crippen LogP contribution in [0.3, 0.4) is 0 Å². The van der Waals surface area contributed by atoms with E-state index in [0.29, 0.717) is 32.4 Å². The minimum atomic E-state index is -0.668. The maximum absolute atomic E-state index is 12.4. The molecule has 1 saturated heterocycles. The van der Waals surface area contributed by atoms with Gasteiger partial charge in [-0.1, -0.05) is 6.07 Å². The zero-order valence-electron chi connectivity index (χ0n) is 15.1. The molecule has 0 aliphatic carbocycles. The Balaban J connectivity index is 1.71. The minimum Gasteiger partial charge on any atom is -0.455 e. The average Bonchev–Trinajstić information content (AvgIpc) is 2.53. The Labute approximate surface area is 151 Å². The van der Waals surface area contributed by atoms with Crippen LogP contribution in [0.5, 0.6) is 0 Å². The number of amides is 1. The summed E-state index contributed by atoms with van der Waals surface area (Å²) in [5, 5.41) is 10.9. The number of benzene rings is 1. The quantitative estimate of drug-likeness (QED) is 0.432. The van der Waals surface area contributed by atoms with Crippen molar-refractivity contribution in [3.63, 3.8) is 0 Å². The maximum atomic E-state index is 12.4. The van der Waals surface area contributed by atoms with Gasteiger partial charge in [-0.2, -0.15) is 0 Å². The van der Waals surface area contributed by atoms with Crippen LogP contribution in [-0.2, 0) is 15.9 Å². The van der Waals surface area contributed by atoms with Crippen LogP contribution >= 0.6 is 0 Å². The Morgan fingerprint density at radius 3 is 2.54 bits per heavy atom. The third kappa shape index (κ3) is 3.63. The zero-order valence-corrected chi connectivity index (χ0v) is 15.1. The van der Waals surface area contributed by atoms with Crippen LogP contribution in [0.2, 0.25) is 0 Å². The monoisotopic (exact) mass is 362 g/mol. The van der Waals surface area contributed by atoms with Crippen molar-refractivity contribution in [2.24, 2.45) is 0 Å². The number of ether oxygens (including phenoxy) is 2. The lowest BCUT2D eigenvalue weighted by Gasteiger charge is -2.43. The standard InChI is InChI=1S/C18H22N2O6/c1-17(2,3)26-16(22)19-8-6-18(7-9-19)11-12-4-5-13(20(23)24)10-14(12)15(21)25-18/h4-5,10H,6-9,11H2,1-3H3. The highest BCUT2D eigenvalue weighted by Crippen LogP contribution is 2.37. The Kier molecular flexibility index (Phi) is 4.37. The molecule has 140 valence electrons. The van der Waals surface area contributed by atoms with E-state index in [4.69, 9.17) is 9.47 Å². The van der Waals surface area contributed by atoms with Crippen LogP contribution in [0.4, 0.5) is 10.5 Å². The number of nitro groups is 1. The van der Waals surface area contributed by atoms with E-state index in [9.17, 15) is 19.7 Å². The first-order chi connectivity index (χ1) is 12.1.